The Morgan fingerprint density at radius 3 is 3.13 bits per heavy atom. The van der Waals surface area contributed by atoms with E-state index in [1.807, 2.05) is 17.4 Å². The molecule has 1 heterocycles. The van der Waals surface area contributed by atoms with Gasteiger partial charge in [-0.25, -0.2) is 0 Å². The van der Waals surface area contributed by atoms with Crippen LogP contribution in [0.25, 0.3) is 0 Å². The van der Waals surface area contributed by atoms with Gasteiger partial charge in [0.25, 0.3) is 0 Å². The molecule has 0 aliphatic heterocycles. The zero-order valence-electron chi connectivity index (χ0n) is 8.76. The van der Waals surface area contributed by atoms with E-state index in [0.717, 1.165) is 13.1 Å². The summed E-state index contributed by atoms with van der Waals surface area (Å²) in [6.07, 6.45) is 7.99. The second kappa shape index (κ2) is 5.69. The molecule has 0 saturated heterocycles. The molecule has 15 heavy (non-hydrogen) atoms. The van der Waals surface area contributed by atoms with Gasteiger partial charge in [0, 0.05) is 28.7 Å². The van der Waals surface area contributed by atoms with Gasteiger partial charge >= 0.3 is 0 Å². The van der Waals surface area contributed by atoms with Gasteiger partial charge in [0.05, 0.1) is 0 Å². The normalized spacial score (nSPS) is 15.0. The van der Waals surface area contributed by atoms with Crippen molar-refractivity contribution < 1.29 is 0 Å². The van der Waals surface area contributed by atoms with E-state index < -0.39 is 0 Å². The van der Waals surface area contributed by atoms with E-state index in [1.165, 1.54) is 24.1 Å². The summed E-state index contributed by atoms with van der Waals surface area (Å²) in [7, 11) is 0. The minimum atomic E-state index is 0.606. The molecule has 1 aliphatic carbocycles. The Morgan fingerprint density at radius 1 is 1.40 bits per heavy atom. The third-order valence-corrected chi connectivity index (χ3v) is 4.03. The van der Waals surface area contributed by atoms with Crippen LogP contribution in [0.4, 0.5) is 0 Å². The highest BCUT2D eigenvalue weighted by atomic mass is 35.5. The maximum atomic E-state index is 5.54. The van der Waals surface area contributed by atoms with Crippen molar-refractivity contribution in [2.45, 2.75) is 25.8 Å². The van der Waals surface area contributed by atoms with Crippen molar-refractivity contribution in [2.75, 3.05) is 12.4 Å². The van der Waals surface area contributed by atoms with E-state index in [4.69, 9.17) is 11.6 Å². The van der Waals surface area contributed by atoms with Crippen LogP contribution in [0.5, 0.6) is 0 Å². The minimum Gasteiger partial charge on any atom is -0.308 e. The standard InChI is InChI=1S/C12H16ClNS/c13-6-1-2-7-14-9-11-8-10-4-3-5-12(10)15-11/h1-2,8,14H,3-7,9H2/b2-1+. The summed E-state index contributed by atoms with van der Waals surface area (Å²) in [6.45, 7) is 1.90. The van der Waals surface area contributed by atoms with Gasteiger partial charge in [0.1, 0.15) is 0 Å². The SMILES string of the molecule is ClC/C=C/CNCc1cc2c(s1)CCC2. The zero-order valence-corrected chi connectivity index (χ0v) is 10.3. The molecule has 0 bridgehead atoms. The summed E-state index contributed by atoms with van der Waals surface area (Å²) in [5.74, 6) is 0.606. The second-order valence-electron chi connectivity index (χ2n) is 3.77. The summed E-state index contributed by atoms with van der Waals surface area (Å²) >= 11 is 7.51. The number of halogens is 1. The van der Waals surface area contributed by atoms with Gasteiger partial charge in [0.2, 0.25) is 0 Å². The Bertz CT molecular complexity index is 322. The van der Waals surface area contributed by atoms with Crippen molar-refractivity contribution in [3.05, 3.63) is 33.5 Å². The van der Waals surface area contributed by atoms with Gasteiger partial charge < -0.3 is 5.32 Å². The Kier molecular flexibility index (Phi) is 4.24. The van der Waals surface area contributed by atoms with Crippen molar-refractivity contribution in [3.8, 4) is 0 Å². The fraction of sp³-hybridized carbons (Fsp3) is 0.500. The van der Waals surface area contributed by atoms with Crippen LogP contribution in [0.2, 0.25) is 0 Å². The molecule has 0 radical (unpaired) electrons. The number of thiophene rings is 1. The molecule has 0 spiro atoms. The number of hydrogen-bond acceptors (Lipinski definition) is 2. The van der Waals surface area contributed by atoms with Gasteiger partial charge in [-0.15, -0.1) is 22.9 Å². The largest absolute Gasteiger partial charge is 0.308 e. The number of alkyl halides is 1. The summed E-state index contributed by atoms with van der Waals surface area (Å²) in [5, 5.41) is 3.39. The molecule has 1 aromatic rings. The van der Waals surface area contributed by atoms with Crippen molar-refractivity contribution in [1.82, 2.24) is 5.32 Å². The first-order valence-electron chi connectivity index (χ1n) is 5.42. The first-order chi connectivity index (χ1) is 7.40. The molecule has 2 rings (SSSR count). The van der Waals surface area contributed by atoms with Crippen molar-refractivity contribution in [3.63, 3.8) is 0 Å². The monoisotopic (exact) mass is 241 g/mol. The molecule has 1 aromatic heterocycles. The smallest absolute Gasteiger partial charge is 0.0404 e. The lowest BCUT2D eigenvalue weighted by molar-refractivity contribution is 0.768. The lowest BCUT2D eigenvalue weighted by atomic mass is 10.2. The summed E-state index contributed by atoms with van der Waals surface area (Å²) in [6, 6.07) is 2.37. The molecule has 0 aromatic carbocycles. The highest BCUT2D eigenvalue weighted by molar-refractivity contribution is 7.12. The topological polar surface area (TPSA) is 12.0 Å². The van der Waals surface area contributed by atoms with Crippen molar-refractivity contribution in [2.24, 2.45) is 0 Å². The molecule has 0 unspecified atom stereocenters. The molecule has 0 fully saturated rings. The molecule has 3 heteroatoms. The Morgan fingerprint density at radius 2 is 2.33 bits per heavy atom. The quantitative estimate of drug-likeness (QED) is 0.475. The van der Waals surface area contributed by atoms with Crippen LogP contribution in [0, 0.1) is 0 Å². The van der Waals surface area contributed by atoms with E-state index in [9.17, 15) is 0 Å². The number of hydrogen-bond donors (Lipinski definition) is 1. The maximum Gasteiger partial charge on any atom is 0.0404 e. The number of nitrogens with one attached hydrogen (secondary N) is 1. The number of aryl methyl sites for hydroxylation is 2. The zero-order chi connectivity index (χ0) is 10.5. The molecule has 1 aliphatic rings. The Hall–Kier alpha value is -0.310. The number of fused-ring (bicyclic) bond motifs is 1. The third kappa shape index (κ3) is 3.07. The molecular formula is C12H16ClNS. The molecule has 0 amide bonds. The summed E-state index contributed by atoms with van der Waals surface area (Å²) < 4.78 is 0. The average Bonchev–Trinajstić information content (AvgIpc) is 2.77. The maximum absolute atomic E-state index is 5.54. The summed E-state index contributed by atoms with van der Waals surface area (Å²) in [4.78, 5) is 3.09. The van der Waals surface area contributed by atoms with Gasteiger partial charge in [-0.2, -0.15) is 0 Å². The van der Waals surface area contributed by atoms with Gasteiger partial charge in [0.15, 0.2) is 0 Å². The van der Waals surface area contributed by atoms with E-state index in [1.54, 1.807) is 10.4 Å². The molecular weight excluding hydrogens is 226 g/mol. The van der Waals surface area contributed by atoms with E-state index >= 15 is 0 Å². The third-order valence-electron chi connectivity index (χ3n) is 2.61. The second-order valence-corrected chi connectivity index (χ2v) is 5.30. The molecule has 1 N–H and O–H groups in total. The fourth-order valence-corrected chi connectivity index (χ4v) is 3.26. The van der Waals surface area contributed by atoms with E-state index in [0.29, 0.717) is 5.88 Å². The first-order valence-corrected chi connectivity index (χ1v) is 6.77. The van der Waals surface area contributed by atoms with Gasteiger partial charge in [-0.3, -0.25) is 0 Å². The predicted octanol–water partition coefficient (Wildman–Crippen LogP) is 3.12. The lowest BCUT2D eigenvalue weighted by Gasteiger charge is -1.98. The average molecular weight is 242 g/mol. The van der Waals surface area contributed by atoms with Crippen molar-refractivity contribution >= 4 is 22.9 Å². The molecule has 0 atom stereocenters. The Balaban J connectivity index is 1.77. The van der Waals surface area contributed by atoms with Crippen LogP contribution in [0.15, 0.2) is 18.2 Å². The predicted molar refractivity (Wildman–Crippen MR) is 67.9 cm³/mol. The van der Waals surface area contributed by atoms with Crippen LogP contribution >= 0.6 is 22.9 Å². The first kappa shape index (κ1) is 11.2. The number of allylic oxidation sites excluding steroid dienone is 1. The lowest BCUT2D eigenvalue weighted by Crippen LogP contribution is -2.11. The molecule has 82 valence electrons. The minimum absolute atomic E-state index is 0.606. The molecule has 1 nitrogen and oxygen atoms in total. The van der Waals surface area contributed by atoms with Crippen LogP contribution in [0.3, 0.4) is 0 Å². The van der Waals surface area contributed by atoms with Gasteiger partial charge in [-0.05, 0) is 30.9 Å². The van der Waals surface area contributed by atoms with Crippen LogP contribution in [-0.2, 0) is 19.4 Å². The van der Waals surface area contributed by atoms with Crippen LogP contribution < -0.4 is 5.32 Å². The highest BCUT2D eigenvalue weighted by Gasteiger charge is 2.13. The number of rotatable bonds is 5. The van der Waals surface area contributed by atoms with E-state index in [-0.39, 0.29) is 0 Å². The van der Waals surface area contributed by atoms with Crippen LogP contribution in [-0.4, -0.2) is 12.4 Å². The molecule has 0 saturated carbocycles. The Labute approximate surface area is 100 Å². The van der Waals surface area contributed by atoms with Gasteiger partial charge in [-0.1, -0.05) is 12.2 Å². The van der Waals surface area contributed by atoms with E-state index in [2.05, 4.69) is 17.5 Å². The fourth-order valence-electron chi connectivity index (χ4n) is 1.90. The van der Waals surface area contributed by atoms with Crippen LogP contribution in [0.1, 0.15) is 21.7 Å². The highest BCUT2D eigenvalue weighted by Crippen LogP contribution is 2.30. The summed E-state index contributed by atoms with van der Waals surface area (Å²) in [5.41, 5.74) is 1.59. The van der Waals surface area contributed by atoms with Crippen molar-refractivity contribution in [1.29, 1.82) is 0 Å².